The molecular weight excluding hydrogens is 260 g/mol. The summed E-state index contributed by atoms with van der Waals surface area (Å²) in [6.07, 6.45) is 0.705. The number of ether oxygens (including phenoxy) is 1. The summed E-state index contributed by atoms with van der Waals surface area (Å²) in [4.78, 5) is 12.2. The van der Waals surface area contributed by atoms with Gasteiger partial charge >= 0.3 is 5.97 Å². The van der Waals surface area contributed by atoms with Crippen molar-refractivity contribution < 1.29 is 9.53 Å². The molecule has 2 nitrogen and oxygen atoms in total. The molecular formula is C16H15ClO2. The molecule has 0 N–H and O–H groups in total. The Morgan fingerprint density at radius 1 is 1.11 bits per heavy atom. The fourth-order valence-corrected chi connectivity index (χ4v) is 2.04. The molecule has 1 atom stereocenters. The third-order valence-corrected chi connectivity index (χ3v) is 3.18. The number of hydrogen-bond acceptors (Lipinski definition) is 2. The van der Waals surface area contributed by atoms with Gasteiger partial charge < -0.3 is 4.74 Å². The van der Waals surface area contributed by atoms with Gasteiger partial charge in [-0.3, -0.25) is 4.79 Å². The molecule has 0 radical (unpaired) electrons. The number of hydrogen-bond donors (Lipinski definition) is 0. The molecule has 0 aliphatic heterocycles. The molecule has 0 aliphatic carbocycles. The Kier molecular flexibility index (Phi) is 4.58. The first kappa shape index (κ1) is 13.6. The maximum Gasteiger partial charge on any atom is 0.318 e. The van der Waals surface area contributed by atoms with Crippen molar-refractivity contribution in [2.45, 2.75) is 19.3 Å². The van der Waals surface area contributed by atoms with E-state index in [2.05, 4.69) is 0 Å². The number of carbonyl (C=O) groups excluding carboxylic acids is 1. The molecule has 0 bridgehead atoms. The van der Waals surface area contributed by atoms with Gasteiger partial charge in [0.15, 0.2) is 0 Å². The molecule has 98 valence electrons. The molecule has 1 unspecified atom stereocenters. The number of carbonyl (C=O) groups is 1. The third kappa shape index (κ3) is 3.58. The van der Waals surface area contributed by atoms with Crippen molar-refractivity contribution in [2.75, 3.05) is 0 Å². The molecule has 0 fully saturated rings. The number of esters is 1. The minimum Gasteiger partial charge on any atom is -0.426 e. The van der Waals surface area contributed by atoms with Crippen LogP contribution in [0, 0.1) is 0 Å². The Balaban J connectivity index is 2.11. The van der Waals surface area contributed by atoms with Gasteiger partial charge in [0.1, 0.15) is 5.75 Å². The van der Waals surface area contributed by atoms with Gasteiger partial charge in [0.05, 0.1) is 5.92 Å². The lowest BCUT2D eigenvalue weighted by molar-refractivity contribution is -0.136. The smallest absolute Gasteiger partial charge is 0.318 e. The maximum atomic E-state index is 12.2. The fourth-order valence-electron chi connectivity index (χ4n) is 1.91. The van der Waals surface area contributed by atoms with E-state index in [-0.39, 0.29) is 11.9 Å². The lowest BCUT2D eigenvalue weighted by Crippen LogP contribution is -2.18. The van der Waals surface area contributed by atoms with E-state index in [9.17, 15) is 4.79 Å². The zero-order chi connectivity index (χ0) is 13.7. The number of benzene rings is 2. The molecule has 19 heavy (non-hydrogen) atoms. The quantitative estimate of drug-likeness (QED) is 0.609. The highest BCUT2D eigenvalue weighted by molar-refractivity contribution is 6.30. The average Bonchev–Trinajstić information content (AvgIpc) is 2.43. The normalized spacial score (nSPS) is 11.9. The SMILES string of the molecule is CCC(C(=O)Oc1ccc(Cl)cc1)c1ccccc1. The van der Waals surface area contributed by atoms with Crippen molar-refractivity contribution in [1.29, 1.82) is 0 Å². The van der Waals surface area contributed by atoms with Crippen molar-refractivity contribution in [3.8, 4) is 5.75 Å². The molecule has 0 amide bonds. The van der Waals surface area contributed by atoms with Crippen LogP contribution in [0.25, 0.3) is 0 Å². The summed E-state index contributed by atoms with van der Waals surface area (Å²) >= 11 is 5.79. The fraction of sp³-hybridized carbons (Fsp3) is 0.188. The van der Waals surface area contributed by atoms with E-state index in [0.717, 1.165) is 5.56 Å². The molecule has 3 heteroatoms. The highest BCUT2D eigenvalue weighted by atomic mass is 35.5. The Hall–Kier alpha value is -1.80. The van der Waals surface area contributed by atoms with E-state index >= 15 is 0 Å². The van der Waals surface area contributed by atoms with Crippen LogP contribution in [0.2, 0.25) is 5.02 Å². The van der Waals surface area contributed by atoms with Crippen LogP contribution in [-0.4, -0.2) is 5.97 Å². The molecule has 0 saturated heterocycles. The van der Waals surface area contributed by atoms with Crippen molar-refractivity contribution in [2.24, 2.45) is 0 Å². The van der Waals surface area contributed by atoms with E-state index in [1.54, 1.807) is 24.3 Å². The predicted octanol–water partition coefficient (Wildman–Crippen LogP) is 4.44. The molecule has 0 aliphatic rings. The van der Waals surface area contributed by atoms with E-state index in [4.69, 9.17) is 16.3 Å². The zero-order valence-electron chi connectivity index (χ0n) is 10.7. The second-order valence-corrected chi connectivity index (χ2v) is 4.68. The molecule has 0 heterocycles. The number of halogens is 1. The van der Waals surface area contributed by atoms with Gasteiger partial charge in [-0.2, -0.15) is 0 Å². The average molecular weight is 275 g/mol. The summed E-state index contributed by atoms with van der Waals surface area (Å²) in [5, 5.41) is 0.620. The van der Waals surface area contributed by atoms with Crippen LogP contribution in [0.15, 0.2) is 54.6 Å². The Labute approximate surface area is 118 Å². The van der Waals surface area contributed by atoms with Crippen LogP contribution < -0.4 is 4.74 Å². The van der Waals surface area contributed by atoms with E-state index in [1.165, 1.54) is 0 Å². The predicted molar refractivity (Wildman–Crippen MR) is 76.6 cm³/mol. The lowest BCUT2D eigenvalue weighted by atomic mass is 9.97. The van der Waals surface area contributed by atoms with Gasteiger partial charge in [-0.25, -0.2) is 0 Å². The van der Waals surface area contributed by atoms with Gasteiger partial charge in [0.25, 0.3) is 0 Å². The summed E-state index contributed by atoms with van der Waals surface area (Å²) < 4.78 is 5.38. The minimum atomic E-state index is -0.240. The second-order valence-electron chi connectivity index (χ2n) is 4.25. The minimum absolute atomic E-state index is 0.239. The highest BCUT2D eigenvalue weighted by Gasteiger charge is 2.20. The molecule has 0 saturated carbocycles. The maximum absolute atomic E-state index is 12.2. The van der Waals surface area contributed by atoms with Crippen LogP contribution in [-0.2, 0) is 4.79 Å². The van der Waals surface area contributed by atoms with Crippen molar-refractivity contribution in [1.82, 2.24) is 0 Å². The second kappa shape index (κ2) is 6.39. The van der Waals surface area contributed by atoms with Crippen LogP contribution in [0.3, 0.4) is 0 Å². The first-order valence-electron chi connectivity index (χ1n) is 6.23. The van der Waals surface area contributed by atoms with Crippen LogP contribution in [0.1, 0.15) is 24.8 Å². The largest absolute Gasteiger partial charge is 0.426 e. The van der Waals surface area contributed by atoms with Crippen molar-refractivity contribution in [3.05, 3.63) is 65.2 Å². The topological polar surface area (TPSA) is 26.3 Å². The zero-order valence-corrected chi connectivity index (χ0v) is 11.4. The first-order chi connectivity index (χ1) is 9.20. The molecule has 2 rings (SSSR count). The van der Waals surface area contributed by atoms with Gasteiger partial charge in [0.2, 0.25) is 0 Å². The molecule has 2 aromatic rings. The molecule has 0 spiro atoms. The van der Waals surface area contributed by atoms with E-state index < -0.39 is 0 Å². The van der Waals surface area contributed by atoms with Crippen LogP contribution in [0.5, 0.6) is 5.75 Å². The first-order valence-corrected chi connectivity index (χ1v) is 6.60. The summed E-state index contributed by atoms with van der Waals surface area (Å²) in [5.74, 6) is 0.0386. The van der Waals surface area contributed by atoms with Gasteiger partial charge in [-0.15, -0.1) is 0 Å². The van der Waals surface area contributed by atoms with Gasteiger partial charge in [0, 0.05) is 5.02 Å². The van der Waals surface area contributed by atoms with Crippen molar-refractivity contribution in [3.63, 3.8) is 0 Å². The summed E-state index contributed by atoms with van der Waals surface area (Å²) in [5.41, 5.74) is 0.976. The summed E-state index contributed by atoms with van der Waals surface area (Å²) in [6, 6.07) is 16.5. The monoisotopic (exact) mass is 274 g/mol. The summed E-state index contributed by atoms with van der Waals surface area (Å²) in [6.45, 7) is 1.97. The highest BCUT2D eigenvalue weighted by Crippen LogP contribution is 2.23. The van der Waals surface area contributed by atoms with E-state index in [0.29, 0.717) is 17.2 Å². The Morgan fingerprint density at radius 3 is 2.32 bits per heavy atom. The lowest BCUT2D eigenvalue weighted by Gasteiger charge is -2.14. The van der Waals surface area contributed by atoms with Crippen LogP contribution >= 0.6 is 11.6 Å². The van der Waals surface area contributed by atoms with Gasteiger partial charge in [-0.1, -0.05) is 48.9 Å². The summed E-state index contributed by atoms with van der Waals surface area (Å²) in [7, 11) is 0. The number of rotatable bonds is 4. The Bertz CT molecular complexity index is 534. The molecule has 2 aromatic carbocycles. The van der Waals surface area contributed by atoms with E-state index in [1.807, 2.05) is 37.3 Å². The standard InChI is InChI=1S/C16H15ClO2/c1-2-15(12-6-4-3-5-7-12)16(18)19-14-10-8-13(17)9-11-14/h3-11,15H,2H2,1H3. The van der Waals surface area contributed by atoms with Crippen molar-refractivity contribution >= 4 is 17.6 Å². The third-order valence-electron chi connectivity index (χ3n) is 2.93. The molecule has 0 aromatic heterocycles. The Morgan fingerprint density at radius 2 is 1.74 bits per heavy atom. The van der Waals surface area contributed by atoms with Crippen LogP contribution in [0.4, 0.5) is 0 Å². The van der Waals surface area contributed by atoms with Gasteiger partial charge in [-0.05, 0) is 36.2 Å².